The average molecular weight is 427 g/mol. The molecule has 5 nitrogen and oxygen atoms in total. The van der Waals surface area contributed by atoms with E-state index in [4.69, 9.17) is 5.41 Å². The van der Waals surface area contributed by atoms with Crippen molar-refractivity contribution in [2.45, 2.75) is 25.9 Å². The molecule has 0 spiro atoms. The van der Waals surface area contributed by atoms with Gasteiger partial charge in [-0.1, -0.05) is 12.1 Å². The molecule has 10 heteroatoms. The van der Waals surface area contributed by atoms with E-state index < -0.39 is 35.4 Å². The Morgan fingerprint density at radius 1 is 0.867 bits per heavy atom. The Hall–Kier alpha value is -3.30. The van der Waals surface area contributed by atoms with Crippen molar-refractivity contribution in [3.63, 3.8) is 0 Å². The second-order valence-electron chi connectivity index (χ2n) is 6.64. The molecule has 30 heavy (non-hydrogen) atoms. The minimum atomic E-state index is -4.54. The maximum atomic E-state index is 13.5. The van der Waals surface area contributed by atoms with Crippen molar-refractivity contribution < 1.29 is 31.5 Å². The van der Waals surface area contributed by atoms with Crippen molar-refractivity contribution in [2.75, 3.05) is 10.6 Å². The predicted molar refractivity (Wildman–Crippen MR) is 102 cm³/mol. The molecule has 2 amide bonds. The normalized spacial score (nSPS) is 12.8. The largest absolute Gasteiger partial charge is 0.416 e. The number of anilines is 2. The fourth-order valence-corrected chi connectivity index (χ4v) is 2.55. The lowest BCUT2D eigenvalue weighted by Crippen LogP contribution is -2.38. The van der Waals surface area contributed by atoms with Gasteiger partial charge in [0.2, 0.25) is 11.8 Å². The Balaban J connectivity index is 2.16. The summed E-state index contributed by atoms with van der Waals surface area (Å²) in [7, 11) is 0. The molecular formula is C20H18F5N3O2. The molecule has 1 unspecified atom stereocenters. The smallest absolute Gasteiger partial charge is 0.325 e. The first-order valence-corrected chi connectivity index (χ1v) is 8.61. The number of carbonyl (C=O) groups excluding carboxylic acids is 2. The van der Waals surface area contributed by atoms with E-state index in [1.54, 1.807) is 0 Å². The summed E-state index contributed by atoms with van der Waals surface area (Å²) in [6.45, 7) is 1.89. The van der Waals surface area contributed by atoms with Crippen molar-refractivity contribution in [1.29, 1.82) is 5.41 Å². The number of carbonyl (C=O) groups is 2. The summed E-state index contributed by atoms with van der Waals surface area (Å²) in [5.74, 6) is -6.64. The Labute approximate surface area is 168 Å². The molecule has 1 atom stereocenters. The maximum Gasteiger partial charge on any atom is 0.416 e. The molecule has 0 fully saturated rings. The molecule has 3 N–H and O–H groups in total. The zero-order chi connectivity index (χ0) is 22.7. The van der Waals surface area contributed by atoms with Crippen LogP contribution in [0, 0.1) is 11.3 Å². The first-order valence-electron chi connectivity index (χ1n) is 8.61. The number of nitrogens with one attached hydrogen (secondary N) is 3. The molecule has 2 aromatic rings. The lowest BCUT2D eigenvalue weighted by Gasteiger charge is -2.17. The highest BCUT2D eigenvalue weighted by molar-refractivity contribution is 6.24. The van der Waals surface area contributed by atoms with Crippen LogP contribution in [0.1, 0.15) is 25.0 Å². The van der Waals surface area contributed by atoms with E-state index >= 15 is 0 Å². The third kappa shape index (κ3) is 5.85. The van der Waals surface area contributed by atoms with Crippen LogP contribution in [0.4, 0.5) is 33.3 Å². The predicted octanol–water partition coefficient (Wildman–Crippen LogP) is 5.05. The zero-order valence-electron chi connectivity index (χ0n) is 15.9. The first kappa shape index (κ1) is 23.0. The molecule has 0 aliphatic carbocycles. The van der Waals surface area contributed by atoms with Crippen LogP contribution in [0.3, 0.4) is 0 Å². The second-order valence-corrected chi connectivity index (χ2v) is 6.64. The highest BCUT2D eigenvalue weighted by atomic mass is 19.4. The van der Waals surface area contributed by atoms with Crippen molar-refractivity contribution in [3.8, 4) is 0 Å². The van der Waals surface area contributed by atoms with Crippen LogP contribution in [0.25, 0.3) is 0 Å². The summed E-state index contributed by atoms with van der Waals surface area (Å²) in [6.07, 6.45) is -4.54. The van der Waals surface area contributed by atoms with E-state index in [1.807, 2.05) is 0 Å². The van der Waals surface area contributed by atoms with E-state index in [-0.39, 0.29) is 22.6 Å². The fourth-order valence-electron chi connectivity index (χ4n) is 2.55. The molecule has 0 aliphatic heterocycles. The molecule has 0 aliphatic rings. The highest BCUT2D eigenvalue weighted by Crippen LogP contribution is 2.30. The van der Waals surface area contributed by atoms with E-state index in [0.29, 0.717) is 6.92 Å². The zero-order valence-corrected chi connectivity index (χ0v) is 15.9. The summed E-state index contributed by atoms with van der Waals surface area (Å²) in [5.41, 5.74) is -1.59. The lowest BCUT2D eigenvalue weighted by atomic mass is 10.0. The highest BCUT2D eigenvalue weighted by Gasteiger charge is 2.32. The summed E-state index contributed by atoms with van der Waals surface area (Å²) < 4.78 is 64.7. The second kappa shape index (κ2) is 8.60. The third-order valence-corrected chi connectivity index (χ3v) is 4.07. The van der Waals surface area contributed by atoms with Gasteiger partial charge in [0.05, 0.1) is 5.56 Å². The number of alkyl halides is 5. The number of benzene rings is 2. The van der Waals surface area contributed by atoms with Crippen molar-refractivity contribution >= 4 is 28.9 Å². The Kier molecular flexibility index (Phi) is 6.59. The number of hydrogen-bond donors (Lipinski definition) is 3. The van der Waals surface area contributed by atoms with E-state index in [2.05, 4.69) is 10.6 Å². The van der Waals surface area contributed by atoms with Crippen LogP contribution >= 0.6 is 0 Å². The summed E-state index contributed by atoms with van der Waals surface area (Å²) in [5, 5.41) is 12.3. The number of rotatable bonds is 6. The minimum Gasteiger partial charge on any atom is -0.325 e. The summed E-state index contributed by atoms with van der Waals surface area (Å²) in [6, 6.07) is 8.42. The Morgan fingerprint density at radius 2 is 1.40 bits per heavy atom. The Bertz CT molecular complexity index is 950. The van der Waals surface area contributed by atoms with Gasteiger partial charge in [-0.25, -0.2) is 8.78 Å². The quantitative estimate of drug-likeness (QED) is 0.343. The van der Waals surface area contributed by atoms with Gasteiger partial charge in [0.15, 0.2) is 5.92 Å². The van der Waals surface area contributed by atoms with Crippen LogP contribution in [0.5, 0.6) is 0 Å². The first-order chi connectivity index (χ1) is 13.8. The van der Waals surface area contributed by atoms with Gasteiger partial charge in [-0.05, 0) is 43.3 Å². The molecule has 0 aromatic heterocycles. The third-order valence-electron chi connectivity index (χ3n) is 4.07. The van der Waals surface area contributed by atoms with Gasteiger partial charge >= 0.3 is 6.18 Å². The Morgan fingerprint density at radius 3 is 1.87 bits per heavy atom. The number of hydrogen-bond acceptors (Lipinski definition) is 3. The van der Waals surface area contributed by atoms with Crippen LogP contribution < -0.4 is 10.6 Å². The molecule has 2 rings (SSSR count). The van der Waals surface area contributed by atoms with E-state index in [1.165, 1.54) is 25.1 Å². The van der Waals surface area contributed by atoms with Crippen LogP contribution in [-0.2, 0) is 21.7 Å². The van der Waals surface area contributed by atoms with Crippen LogP contribution in [0.15, 0.2) is 48.5 Å². The van der Waals surface area contributed by atoms with Gasteiger partial charge < -0.3 is 16.0 Å². The molecule has 2 aromatic carbocycles. The summed E-state index contributed by atoms with van der Waals surface area (Å²) in [4.78, 5) is 24.9. The standard InChI is InChI=1S/C20H18F5N3O2/c1-11(26)16(17(29)27-14-8-6-12(7-9-14)20(23,24)25)18(30)28-15-5-3-4-13(10-15)19(2,21)22/h3-10,16,26H,1-2H3,(H,27,29)(H,28,30). The average Bonchev–Trinajstić information content (AvgIpc) is 2.60. The SMILES string of the molecule is CC(=N)C(C(=O)Nc1ccc(C(F)(F)F)cc1)C(=O)Nc1cccc(C(C)(F)F)c1. The molecule has 0 saturated carbocycles. The topological polar surface area (TPSA) is 82.1 Å². The van der Waals surface area contributed by atoms with Gasteiger partial charge in [0.1, 0.15) is 0 Å². The van der Waals surface area contributed by atoms with Gasteiger partial charge in [-0.2, -0.15) is 13.2 Å². The van der Waals surface area contributed by atoms with Gasteiger partial charge in [0, 0.05) is 29.6 Å². The van der Waals surface area contributed by atoms with Gasteiger partial charge in [-0.15, -0.1) is 0 Å². The molecule has 0 radical (unpaired) electrons. The van der Waals surface area contributed by atoms with E-state index in [0.717, 1.165) is 30.3 Å². The van der Waals surface area contributed by atoms with Crippen LogP contribution in [-0.4, -0.2) is 17.5 Å². The van der Waals surface area contributed by atoms with Crippen LogP contribution in [0.2, 0.25) is 0 Å². The van der Waals surface area contributed by atoms with E-state index in [9.17, 15) is 31.5 Å². The molecule has 0 heterocycles. The molecule has 160 valence electrons. The summed E-state index contributed by atoms with van der Waals surface area (Å²) >= 11 is 0. The fraction of sp³-hybridized carbons (Fsp3) is 0.250. The molecule has 0 bridgehead atoms. The molecular weight excluding hydrogens is 409 g/mol. The molecule has 0 saturated heterocycles. The number of halogens is 5. The lowest BCUT2D eigenvalue weighted by molar-refractivity contribution is -0.137. The van der Waals surface area contributed by atoms with Crippen molar-refractivity contribution in [2.24, 2.45) is 5.92 Å². The monoisotopic (exact) mass is 427 g/mol. The minimum absolute atomic E-state index is 0.000303. The maximum absolute atomic E-state index is 13.5. The number of amides is 2. The van der Waals surface area contributed by atoms with Crippen molar-refractivity contribution in [1.82, 2.24) is 0 Å². The van der Waals surface area contributed by atoms with Gasteiger partial charge in [-0.3, -0.25) is 9.59 Å². The van der Waals surface area contributed by atoms with Crippen molar-refractivity contribution in [3.05, 3.63) is 59.7 Å². The van der Waals surface area contributed by atoms with Gasteiger partial charge in [0.25, 0.3) is 5.92 Å².